The Labute approximate surface area is 326 Å². The lowest BCUT2D eigenvalue weighted by Crippen LogP contribution is -2.28. The summed E-state index contributed by atoms with van der Waals surface area (Å²) in [5, 5.41) is 2.71. The molecule has 7 aromatic carbocycles. The third kappa shape index (κ3) is 4.82. The van der Waals surface area contributed by atoms with Crippen molar-refractivity contribution >= 4 is 50.8 Å². The summed E-state index contributed by atoms with van der Waals surface area (Å²) < 4.78 is 6.43. The molecule has 0 radical (unpaired) electrons. The van der Waals surface area contributed by atoms with Crippen molar-refractivity contribution in [1.82, 2.24) is 0 Å². The molecule has 3 aliphatic rings. The molecule has 8 aromatic rings. The average Bonchev–Trinajstić information content (AvgIpc) is 3.84. The summed E-state index contributed by atoms with van der Waals surface area (Å²) in [7, 11) is 0. The predicted molar refractivity (Wildman–Crippen MR) is 232 cm³/mol. The van der Waals surface area contributed by atoms with E-state index >= 15 is 0 Å². The first-order valence-electron chi connectivity index (χ1n) is 19.2. The van der Waals surface area contributed by atoms with Crippen molar-refractivity contribution in [3.05, 3.63) is 193 Å². The van der Waals surface area contributed by atoms with E-state index in [4.69, 9.17) is 4.42 Å². The number of hydrogen-bond donors (Lipinski definition) is 0. The van der Waals surface area contributed by atoms with Gasteiger partial charge in [0.25, 0.3) is 0 Å². The van der Waals surface area contributed by atoms with Crippen LogP contribution in [0, 0.1) is 0 Å². The molecule has 0 N–H and O–H groups in total. The molecule has 3 heteroatoms. The lowest BCUT2D eigenvalue weighted by molar-refractivity contribution is 0.617. The summed E-state index contributed by atoms with van der Waals surface area (Å²) in [5.74, 6) is 0. The third-order valence-corrected chi connectivity index (χ3v) is 13.9. The molecule has 2 nitrogen and oxygen atoms in total. The number of benzene rings is 7. The summed E-state index contributed by atoms with van der Waals surface area (Å²) in [6.45, 7) is 7.19. The van der Waals surface area contributed by atoms with Crippen molar-refractivity contribution in [2.24, 2.45) is 0 Å². The highest BCUT2D eigenvalue weighted by atomic mass is 32.2. The second-order valence-corrected chi connectivity index (χ2v) is 17.0. The van der Waals surface area contributed by atoms with Gasteiger partial charge in [0.2, 0.25) is 0 Å². The molecule has 55 heavy (non-hydrogen) atoms. The van der Waals surface area contributed by atoms with E-state index in [-0.39, 0.29) is 10.8 Å². The van der Waals surface area contributed by atoms with Crippen LogP contribution in [0.2, 0.25) is 0 Å². The van der Waals surface area contributed by atoms with E-state index in [9.17, 15) is 0 Å². The van der Waals surface area contributed by atoms with Gasteiger partial charge >= 0.3 is 0 Å². The number of nitrogens with zero attached hydrogens (tertiary/aromatic N) is 1. The second-order valence-electron chi connectivity index (χ2n) is 15.9. The molecular weight excluding hydrogens is 687 g/mol. The maximum absolute atomic E-state index is 6.43. The number of anilines is 3. The smallest absolute Gasteiger partial charge is 0.143 e. The molecule has 0 bridgehead atoms. The molecule has 2 unspecified atom stereocenters. The van der Waals surface area contributed by atoms with Crippen molar-refractivity contribution in [2.75, 3.05) is 4.90 Å². The predicted octanol–water partition coefficient (Wildman–Crippen LogP) is 14.6. The molecule has 0 fully saturated rings. The SMILES string of the molecule is CC1(C)c2cc(N(c3ccc(-c4ccccc4)cc3)c3ccc(-c4cccc5c4oc4ccccc45)cc3)ccc2-c2c1ccc1c2SC2C=CC=CC12C. The van der Waals surface area contributed by atoms with Gasteiger partial charge in [0.15, 0.2) is 0 Å². The average molecular weight is 726 g/mol. The monoisotopic (exact) mass is 725 g/mol. The summed E-state index contributed by atoms with van der Waals surface area (Å²) in [6.07, 6.45) is 9.21. The highest BCUT2D eigenvalue weighted by Crippen LogP contribution is 2.61. The molecule has 2 aliphatic carbocycles. The van der Waals surface area contributed by atoms with Gasteiger partial charge in [-0.15, -0.1) is 11.8 Å². The van der Waals surface area contributed by atoms with Crippen LogP contribution in [0.15, 0.2) is 185 Å². The number of fused-ring (bicyclic) bond motifs is 10. The van der Waals surface area contributed by atoms with Gasteiger partial charge in [0.1, 0.15) is 11.2 Å². The van der Waals surface area contributed by atoms with Gasteiger partial charge in [-0.3, -0.25) is 0 Å². The van der Waals surface area contributed by atoms with E-state index in [0.717, 1.165) is 50.1 Å². The Morgan fingerprint density at radius 1 is 0.545 bits per heavy atom. The lowest BCUT2D eigenvalue weighted by atomic mass is 9.75. The number of rotatable bonds is 5. The van der Waals surface area contributed by atoms with Crippen LogP contribution in [0.3, 0.4) is 0 Å². The van der Waals surface area contributed by atoms with E-state index in [0.29, 0.717) is 5.25 Å². The normalized spacial score (nSPS) is 18.6. The van der Waals surface area contributed by atoms with E-state index in [2.05, 4.69) is 190 Å². The first-order chi connectivity index (χ1) is 26.9. The Hall–Kier alpha value is -6.03. The van der Waals surface area contributed by atoms with Crippen LogP contribution in [0.5, 0.6) is 0 Å². The van der Waals surface area contributed by atoms with Crippen LogP contribution in [-0.2, 0) is 10.8 Å². The van der Waals surface area contributed by atoms with Gasteiger partial charge in [-0.1, -0.05) is 154 Å². The molecule has 0 amide bonds. The molecule has 0 saturated heterocycles. The van der Waals surface area contributed by atoms with Crippen LogP contribution in [0.1, 0.15) is 37.5 Å². The van der Waals surface area contributed by atoms with Crippen molar-refractivity contribution < 1.29 is 4.42 Å². The summed E-state index contributed by atoms with van der Waals surface area (Å²) in [6, 6.07) is 55.3. The van der Waals surface area contributed by atoms with E-state index in [1.54, 1.807) is 0 Å². The molecule has 1 aromatic heterocycles. The maximum Gasteiger partial charge on any atom is 0.143 e. The number of furan rings is 1. The number of para-hydroxylation sites is 2. The Morgan fingerprint density at radius 3 is 2.02 bits per heavy atom. The zero-order valence-electron chi connectivity index (χ0n) is 31.1. The van der Waals surface area contributed by atoms with E-state index in [1.165, 1.54) is 43.8 Å². The van der Waals surface area contributed by atoms with Gasteiger partial charge in [-0.2, -0.15) is 0 Å². The Balaban J connectivity index is 1.03. The highest BCUT2D eigenvalue weighted by Gasteiger charge is 2.46. The van der Waals surface area contributed by atoms with E-state index < -0.39 is 0 Å². The van der Waals surface area contributed by atoms with E-state index in [1.807, 2.05) is 23.9 Å². The largest absolute Gasteiger partial charge is 0.455 e. The van der Waals surface area contributed by atoms with Gasteiger partial charge in [0.05, 0.1) is 0 Å². The lowest BCUT2D eigenvalue weighted by Gasteiger charge is -2.29. The number of allylic oxidation sites excluding steroid dienone is 3. The Morgan fingerprint density at radius 2 is 1.22 bits per heavy atom. The van der Waals surface area contributed by atoms with Crippen LogP contribution >= 0.6 is 11.8 Å². The summed E-state index contributed by atoms with van der Waals surface area (Å²) in [5.41, 5.74) is 16.8. The summed E-state index contributed by atoms with van der Waals surface area (Å²) in [4.78, 5) is 3.86. The topological polar surface area (TPSA) is 16.4 Å². The first kappa shape index (κ1) is 32.4. The fourth-order valence-electron chi connectivity index (χ4n) is 9.36. The van der Waals surface area contributed by atoms with Crippen LogP contribution in [0.4, 0.5) is 17.1 Å². The van der Waals surface area contributed by atoms with Crippen molar-refractivity contribution in [2.45, 2.75) is 41.7 Å². The fraction of sp³-hybridized carbons (Fsp3) is 0.115. The van der Waals surface area contributed by atoms with Gasteiger partial charge < -0.3 is 9.32 Å². The quantitative estimate of drug-likeness (QED) is 0.176. The Bertz CT molecular complexity index is 2880. The minimum atomic E-state index is -0.144. The zero-order chi connectivity index (χ0) is 36.9. The second kappa shape index (κ2) is 12.0. The van der Waals surface area contributed by atoms with Crippen LogP contribution in [-0.4, -0.2) is 5.25 Å². The van der Waals surface area contributed by atoms with Gasteiger partial charge in [-0.05, 0) is 87.0 Å². The number of hydrogen-bond acceptors (Lipinski definition) is 3. The van der Waals surface area contributed by atoms with Crippen molar-refractivity contribution in [3.63, 3.8) is 0 Å². The van der Waals surface area contributed by atoms with Crippen LogP contribution in [0.25, 0.3) is 55.3 Å². The Kier molecular flexibility index (Phi) is 7.06. The number of thioether (sulfide) groups is 1. The molecule has 2 atom stereocenters. The van der Waals surface area contributed by atoms with Gasteiger partial charge in [-0.25, -0.2) is 0 Å². The molecule has 2 heterocycles. The van der Waals surface area contributed by atoms with Gasteiger partial charge in [0, 0.05) is 54.4 Å². The van der Waals surface area contributed by atoms with Crippen molar-refractivity contribution in [1.29, 1.82) is 0 Å². The molecule has 11 rings (SSSR count). The zero-order valence-corrected chi connectivity index (χ0v) is 31.9. The van der Waals surface area contributed by atoms with Crippen LogP contribution < -0.4 is 4.90 Å². The minimum Gasteiger partial charge on any atom is -0.455 e. The minimum absolute atomic E-state index is 0.0153. The standard InChI is InChI=1S/C52H39NOS/c1-51(2)43-29-30-44-50(55-47-18-9-10-31-52(44,47)3)48(43)42-28-27-38(32-45(42)51)53(36-23-19-34(20-24-36)33-12-5-4-6-13-33)37-25-21-35(22-26-37)39-15-11-16-41-40-14-7-8-17-46(40)54-49(39)41/h4-32,47H,1-3H3. The fourth-order valence-corrected chi connectivity index (χ4v) is 11.0. The molecule has 264 valence electrons. The maximum atomic E-state index is 6.43. The summed E-state index contributed by atoms with van der Waals surface area (Å²) >= 11 is 2.04. The molecule has 0 saturated carbocycles. The molecular formula is C52H39NOS. The first-order valence-corrected chi connectivity index (χ1v) is 20.1. The third-order valence-electron chi connectivity index (χ3n) is 12.4. The highest BCUT2D eigenvalue weighted by molar-refractivity contribution is 8.00. The molecule has 0 spiro atoms. The van der Waals surface area contributed by atoms with Crippen molar-refractivity contribution in [3.8, 4) is 33.4 Å². The molecule has 1 aliphatic heterocycles.